The third kappa shape index (κ3) is 1.51. The second kappa shape index (κ2) is 3.31. The molecule has 2 unspecified atom stereocenters. The van der Waals surface area contributed by atoms with Crippen LogP contribution in [0.25, 0.3) is 0 Å². The molecular weight excluding hydrogens is 194 g/mol. The molecular formula is C10H13N3O2. The maximum atomic E-state index is 8.92. The molecule has 2 atom stereocenters. The van der Waals surface area contributed by atoms with Gasteiger partial charge in [-0.05, 0) is 5.41 Å². The molecule has 15 heavy (non-hydrogen) atoms. The lowest BCUT2D eigenvalue weighted by molar-refractivity contribution is 0.174. The molecule has 1 fully saturated rings. The first-order valence-electron chi connectivity index (χ1n) is 4.82. The van der Waals surface area contributed by atoms with Gasteiger partial charge in [-0.15, -0.1) is 0 Å². The van der Waals surface area contributed by atoms with E-state index in [1.165, 1.54) is 0 Å². The van der Waals surface area contributed by atoms with Gasteiger partial charge in [-0.1, -0.05) is 19.0 Å². The Morgan fingerprint density at radius 2 is 2.33 bits per heavy atom. The minimum atomic E-state index is -0.0500. The van der Waals surface area contributed by atoms with Gasteiger partial charge in [0.2, 0.25) is 5.89 Å². The van der Waals surface area contributed by atoms with E-state index in [1.54, 1.807) is 7.11 Å². The summed E-state index contributed by atoms with van der Waals surface area (Å²) >= 11 is 0. The number of aromatic nitrogens is 2. The van der Waals surface area contributed by atoms with Gasteiger partial charge in [0.1, 0.15) is 6.61 Å². The van der Waals surface area contributed by atoms with Crippen LogP contribution >= 0.6 is 0 Å². The summed E-state index contributed by atoms with van der Waals surface area (Å²) in [5, 5.41) is 12.7. The van der Waals surface area contributed by atoms with Crippen molar-refractivity contribution in [2.75, 3.05) is 7.11 Å². The highest BCUT2D eigenvalue weighted by Gasteiger charge is 2.62. The number of rotatable bonds is 3. The molecule has 0 radical (unpaired) electrons. The molecule has 80 valence electrons. The quantitative estimate of drug-likeness (QED) is 0.750. The summed E-state index contributed by atoms with van der Waals surface area (Å²) in [6, 6.07) is 2.26. The minimum Gasteiger partial charge on any atom is -0.377 e. The number of nitriles is 1. The van der Waals surface area contributed by atoms with Crippen LogP contribution in [0.1, 0.15) is 31.5 Å². The molecule has 0 bridgehead atoms. The Kier molecular flexibility index (Phi) is 2.24. The van der Waals surface area contributed by atoms with Crippen LogP contribution in [0.4, 0.5) is 0 Å². The predicted octanol–water partition coefficient (Wildman–Crippen LogP) is 1.48. The van der Waals surface area contributed by atoms with E-state index in [9.17, 15) is 0 Å². The van der Waals surface area contributed by atoms with Crippen LogP contribution in [-0.4, -0.2) is 17.3 Å². The van der Waals surface area contributed by atoms with Crippen LogP contribution in [0.15, 0.2) is 4.52 Å². The first-order valence-corrected chi connectivity index (χ1v) is 4.82. The van der Waals surface area contributed by atoms with Gasteiger partial charge in [0.25, 0.3) is 0 Å². The fraction of sp³-hybridized carbons (Fsp3) is 0.700. The molecule has 0 N–H and O–H groups in total. The standard InChI is InChI=1S/C10H13N3O2/c1-10(2)6(4-11)8(10)9-12-7(5-14-3)13-15-9/h6,8H,5H2,1-3H3. The molecule has 0 amide bonds. The maximum absolute atomic E-state index is 8.92. The Morgan fingerprint density at radius 1 is 1.60 bits per heavy atom. The van der Waals surface area contributed by atoms with Crippen molar-refractivity contribution in [3.63, 3.8) is 0 Å². The minimum absolute atomic E-state index is 0.0201. The third-order valence-corrected chi connectivity index (χ3v) is 2.99. The summed E-state index contributed by atoms with van der Waals surface area (Å²) in [6.07, 6.45) is 0. The second-order valence-corrected chi connectivity index (χ2v) is 4.39. The van der Waals surface area contributed by atoms with Crippen LogP contribution < -0.4 is 0 Å². The molecule has 0 saturated heterocycles. The van der Waals surface area contributed by atoms with Crippen LogP contribution in [0.3, 0.4) is 0 Å². The van der Waals surface area contributed by atoms with Gasteiger partial charge in [-0.25, -0.2) is 0 Å². The summed E-state index contributed by atoms with van der Waals surface area (Å²) in [7, 11) is 1.58. The number of hydrogen-bond donors (Lipinski definition) is 0. The van der Waals surface area contributed by atoms with Crippen LogP contribution in [0.2, 0.25) is 0 Å². The van der Waals surface area contributed by atoms with Crippen molar-refractivity contribution in [2.24, 2.45) is 11.3 Å². The molecule has 5 heteroatoms. The number of ether oxygens (including phenoxy) is 1. The van der Waals surface area contributed by atoms with E-state index in [-0.39, 0.29) is 17.3 Å². The monoisotopic (exact) mass is 207 g/mol. The van der Waals surface area contributed by atoms with Gasteiger partial charge in [0, 0.05) is 7.11 Å². The molecule has 1 aromatic rings. The van der Waals surface area contributed by atoms with E-state index in [1.807, 2.05) is 13.8 Å². The average molecular weight is 207 g/mol. The van der Waals surface area contributed by atoms with Gasteiger partial charge >= 0.3 is 0 Å². The summed E-state index contributed by atoms with van der Waals surface area (Å²) < 4.78 is 10.0. The molecule has 2 rings (SSSR count). The number of nitrogens with zero attached hydrogens (tertiary/aromatic N) is 3. The molecule has 0 aromatic carbocycles. The molecule has 1 saturated carbocycles. The Morgan fingerprint density at radius 3 is 2.87 bits per heavy atom. The van der Waals surface area contributed by atoms with Crippen molar-refractivity contribution in [3.8, 4) is 6.07 Å². The second-order valence-electron chi connectivity index (χ2n) is 4.39. The maximum Gasteiger partial charge on any atom is 0.231 e. The highest BCUT2D eigenvalue weighted by molar-refractivity contribution is 5.26. The molecule has 0 spiro atoms. The topological polar surface area (TPSA) is 71.9 Å². The average Bonchev–Trinajstić information content (AvgIpc) is 2.57. The lowest BCUT2D eigenvalue weighted by Crippen LogP contribution is -1.92. The zero-order valence-electron chi connectivity index (χ0n) is 9.02. The first kappa shape index (κ1) is 10.1. The third-order valence-electron chi connectivity index (χ3n) is 2.99. The first-order chi connectivity index (χ1) is 7.11. The van der Waals surface area contributed by atoms with E-state index in [0.717, 1.165) is 0 Å². The lowest BCUT2D eigenvalue weighted by Gasteiger charge is -1.95. The van der Waals surface area contributed by atoms with E-state index in [0.29, 0.717) is 18.3 Å². The van der Waals surface area contributed by atoms with Crippen molar-refractivity contribution in [3.05, 3.63) is 11.7 Å². The van der Waals surface area contributed by atoms with Crippen molar-refractivity contribution in [1.29, 1.82) is 5.26 Å². The summed E-state index contributed by atoms with van der Waals surface area (Å²) in [6.45, 7) is 4.41. The van der Waals surface area contributed by atoms with Crippen LogP contribution in [0.5, 0.6) is 0 Å². The lowest BCUT2D eigenvalue weighted by atomic mass is 10.1. The van der Waals surface area contributed by atoms with E-state index >= 15 is 0 Å². The van der Waals surface area contributed by atoms with Crippen molar-refractivity contribution in [1.82, 2.24) is 10.1 Å². The van der Waals surface area contributed by atoms with Gasteiger partial charge in [0.15, 0.2) is 5.82 Å². The number of hydrogen-bond acceptors (Lipinski definition) is 5. The molecule has 1 aliphatic rings. The van der Waals surface area contributed by atoms with Crippen molar-refractivity contribution < 1.29 is 9.26 Å². The Bertz CT molecular complexity index is 405. The Hall–Kier alpha value is -1.41. The van der Waals surface area contributed by atoms with Crippen molar-refractivity contribution >= 4 is 0 Å². The van der Waals surface area contributed by atoms with E-state index in [2.05, 4.69) is 16.2 Å². The summed E-state index contributed by atoms with van der Waals surface area (Å²) in [5.74, 6) is 1.14. The van der Waals surface area contributed by atoms with Crippen LogP contribution in [-0.2, 0) is 11.3 Å². The summed E-state index contributed by atoms with van der Waals surface area (Å²) in [4.78, 5) is 4.20. The molecule has 5 nitrogen and oxygen atoms in total. The Balaban J connectivity index is 2.15. The number of methoxy groups -OCH3 is 1. The fourth-order valence-corrected chi connectivity index (χ4v) is 1.92. The molecule has 1 aromatic heterocycles. The fourth-order valence-electron chi connectivity index (χ4n) is 1.92. The van der Waals surface area contributed by atoms with E-state index < -0.39 is 0 Å². The van der Waals surface area contributed by atoms with E-state index in [4.69, 9.17) is 14.5 Å². The predicted molar refractivity (Wildman–Crippen MR) is 50.6 cm³/mol. The van der Waals surface area contributed by atoms with Gasteiger partial charge < -0.3 is 9.26 Å². The summed E-state index contributed by atoms with van der Waals surface area (Å²) in [5.41, 5.74) is -0.0500. The Labute approximate surface area is 88.0 Å². The van der Waals surface area contributed by atoms with Gasteiger partial charge in [-0.2, -0.15) is 10.2 Å². The van der Waals surface area contributed by atoms with Gasteiger partial charge in [-0.3, -0.25) is 0 Å². The molecule has 1 heterocycles. The zero-order valence-corrected chi connectivity index (χ0v) is 9.02. The van der Waals surface area contributed by atoms with Crippen LogP contribution in [0, 0.1) is 22.7 Å². The molecule has 1 aliphatic carbocycles. The SMILES string of the molecule is COCc1noc(C2C(C#N)C2(C)C)n1. The molecule has 0 aliphatic heterocycles. The smallest absolute Gasteiger partial charge is 0.231 e. The zero-order chi connectivity index (χ0) is 11.1. The highest BCUT2D eigenvalue weighted by Crippen LogP contribution is 2.63. The normalized spacial score (nSPS) is 27.3. The van der Waals surface area contributed by atoms with Gasteiger partial charge in [0.05, 0.1) is 17.9 Å². The highest BCUT2D eigenvalue weighted by atomic mass is 16.5. The van der Waals surface area contributed by atoms with Crippen molar-refractivity contribution in [2.45, 2.75) is 26.4 Å². The largest absolute Gasteiger partial charge is 0.377 e.